The maximum atomic E-state index is 13.6. The van der Waals surface area contributed by atoms with Gasteiger partial charge in [0.2, 0.25) is 5.91 Å². The van der Waals surface area contributed by atoms with Gasteiger partial charge in [0.1, 0.15) is 18.2 Å². The maximum Gasteiger partial charge on any atom is 0.236 e. The highest BCUT2D eigenvalue weighted by atomic mass is 19.1. The van der Waals surface area contributed by atoms with E-state index in [0.717, 1.165) is 5.75 Å². The predicted molar refractivity (Wildman–Crippen MR) is 92.3 cm³/mol. The summed E-state index contributed by atoms with van der Waals surface area (Å²) in [7, 11) is 3.55. The number of hydrogen-bond acceptors (Lipinski definition) is 3. The molecule has 0 saturated heterocycles. The Bertz CT molecular complexity index is 649. The number of ether oxygens (including phenoxy) is 1. The predicted octanol–water partition coefficient (Wildman–Crippen LogP) is 2.79. The van der Waals surface area contributed by atoms with E-state index in [2.05, 4.69) is 0 Å². The summed E-state index contributed by atoms with van der Waals surface area (Å²) in [6.45, 7) is 1.67. The Labute approximate surface area is 142 Å². The lowest BCUT2D eigenvalue weighted by Crippen LogP contribution is -2.37. The molecule has 2 aromatic carbocycles. The molecule has 4 nitrogen and oxygen atoms in total. The third-order valence-corrected chi connectivity index (χ3v) is 3.68. The van der Waals surface area contributed by atoms with E-state index in [-0.39, 0.29) is 24.8 Å². The van der Waals surface area contributed by atoms with Crippen molar-refractivity contribution in [3.8, 4) is 5.75 Å². The van der Waals surface area contributed by atoms with Crippen molar-refractivity contribution in [1.82, 2.24) is 9.80 Å². The molecule has 0 aliphatic heterocycles. The van der Waals surface area contributed by atoms with Gasteiger partial charge < -0.3 is 9.64 Å². The van der Waals surface area contributed by atoms with Gasteiger partial charge in [-0.05, 0) is 25.2 Å². The summed E-state index contributed by atoms with van der Waals surface area (Å²) < 4.78 is 19.3. The first kappa shape index (κ1) is 17.9. The molecule has 1 amide bonds. The Balaban J connectivity index is 1.73. The van der Waals surface area contributed by atoms with Crippen LogP contribution in [0.2, 0.25) is 0 Å². The molecule has 0 saturated carbocycles. The Morgan fingerprint density at radius 2 is 1.71 bits per heavy atom. The van der Waals surface area contributed by atoms with Crippen molar-refractivity contribution in [3.05, 3.63) is 66.0 Å². The van der Waals surface area contributed by atoms with Gasteiger partial charge in [0.25, 0.3) is 0 Å². The van der Waals surface area contributed by atoms with Crippen molar-refractivity contribution in [2.24, 2.45) is 0 Å². The van der Waals surface area contributed by atoms with E-state index < -0.39 is 0 Å². The van der Waals surface area contributed by atoms with Gasteiger partial charge in [0, 0.05) is 25.7 Å². The lowest BCUT2D eigenvalue weighted by atomic mass is 10.2. The molecule has 0 N–H and O–H groups in total. The molecule has 0 aliphatic rings. The number of halogens is 1. The fourth-order valence-electron chi connectivity index (χ4n) is 2.24. The highest BCUT2D eigenvalue weighted by Crippen LogP contribution is 2.10. The Kier molecular flexibility index (Phi) is 6.75. The molecule has 0 bridgehead atoms. The fourth-order valence-corrected chi connectivity index (χ4v) is 2.24. The second-order valence-corrected chi connectivity index (χ2v) is 5.74. The van der Waals surface area contributed by atoms with Gasteiger partial charge in [0.05, 0.1) is 6.54 Å². The number of hydrogen-bond donors (Lipinski definition) is 0. The maximum absolute atomic E-state index is 13.6. The second-order valence-electron chi connectivity index (χ2n) is 5.74. The van der Waals surface area contributed by atoms with Crippen LogP contribution in [0.15, 0.2) is 54.6 Å². The highest BCUT2D eigenvalue weighted by molar-refractivity contribution is 5.77. The molecule has 2 rings (SSSR count). The van der Waals surface area contributed by atoms with Crippen LogP contribution >= 0.6 is 0 Å². The minimum Gasteiger partial charge on any atom is -0.492 e. The molecule has 128 valence electrons. The smallest absolute Gasteiger partial charge is 0.236 e. The molecule has 24 heavy (non-hydrogen) atoms. The molecule has 0 unspecified atom stereocenters. The van der Waals surface area contributed by atoms with Gasteiger partial charge in [-0.25, -0.2) is 4.39 Å². The average Bonchev–Trinajstić information content (AvgIpc) is 2.57. The monoisotopic (exact) mass is 330 g/mol. The van der Waals surface area contributed by atoms with Crippen LogP contribution in [0.1, 0.15) is 5.56 Å². The molecule has 0 radical (unpaired) electrons. The first-order valence-electron chi connectivity index (χ1n) is 7.90. The molecule has 0 fully saturated rings. The van der Waals surface area contributed by atoms with Gasteiger partial charge in [-0.15, -0.1) is 0 Å². The largest absolute Gasteiger partial charge is 0.492 e. The SMILES string of the molecule is CN(CCOc1ccccc1)CC(=O)N(C)Cc1ccccc1F. The topological polar surface area (TPSA) is 32.8 Å². The van der Waals surface area contributed by atoms with Crippen LogP contribution in [-0.4, -0.2) is 49.5 Å². The second kappa shape index (κ2) is 9.03. The first-order chi connectivity index (χ1) is 11.6. The van der Waals surface area contributed by atoms with Crippen LogP contribution in [0.4, 0.5) is 4.39 Å². The Morgan fingerprint density at radius 3 is 2.42 bits per heavy atom. The number of carbonyl (C=O) groups is 1. The number of likely N-dealkylation sites (N-methyl/N-ethyl adjacent to an activating group) is 2. The summed E-state index contributed by atoms with van der Waals surface area (Å²) in [6, 6.07) is 16.1. The van der Waals surface area contributed by atoms with Crippen LogP contribution in [0, 0.1) is 5.82 Å². The first-order valence-corrected chi connectivity index (χ1v) is 7.90. The average molecular weight is 330 g/mol. The normalized spacial score (nSPS) is 10.7. The quantitative estimate of drug-likeness (QED) is 0.746. The molecule has 0 aromatic heterocycles. The van der Waals surface area contributed by atoms with Crippen LogP contribution in [0.25, 0.3) is 0 Å². The third-order valence-electron chi connectivity index (χ3n) is 3.68. The minimum atomic E-state index is -0.290. The van der Waals surface area contributed by atoms with E-state index in [1.165, 1.54) is 11.0 Å². The lowest BCUT2D eigenvalue weighted by Gasteiger charge is -2.22. The Hall–Kier alpha value is -2.40. The number of rotatable bonds is 8. The van der Waals surface area contributed by atoms with Crippen LogP contribution < -0.4 is 4.74 Å². The van der Waals surface area contributed by atoms with Crippen molar-refractivity contribution in [2.75, 3.05) is 33.8 Å². The summed E-state index contributed by atoms with van der Waals surface area (Å²) in [6.07, 6.45) is 0. The number of amides is 1. The van der Waals surface area contributed by atoms with Crippen molar-refractivity contribution in [1.29, 1.82) is 0 Å². The van der Waals surface area contributed by atoms with Crippen LogP contribution in [0.5, 0.6) is 5.75 Å². The zero-order valence-corrected chi connectivity index (χ0v) is 14.1. The molecule has 0 spiro atoms. The van der Waals surface area contributed by atoms with E-state index >= 15 is 0 Å². The van der Waals surface area contributed by atoms with Gasteiger partial charge in [-0.2, -0.15) is 0 Å². The Morgan fingerprint density at radius 1 is 1.04 bits per heavy atom. The number of nitrogens with zero attached hydrogens (tertiary/aromatic N) is 2. The van der Waals surface area contributed by atoms with Crippen LogP contribution in [-0.2, 0) is 11.3 Å². The molecular formula is C19H23FN2O2. The van der Waals surface area contributed by atoms with Crippen molar-refractivity contribution in [2.45, 2.75) is 6.54 Å². The van der Waals surface area contributed by atoms with Gasteiger partial charge >= 0.3 is 0 Å². The summed E-state index contributed by atoms with van der Waals surface area (Å²) >= 11 is 0. The minimum absolute atomic E-state index is 0.0551. The third kappa shape index (κ3) is 5.66. The van der Waals surface area contributed by atoms with Gasteiger partial charge in [-0.1, -0.05) is 36.4 Å². The standard InChI is InChI=1S/C19H23FN2O2/c1-21(12-13-24-17-9-4-3-5-10-17)15-19(23)22(2)14-16-8-6-7-11-18(16)20/h3-11H,12-15H2,1-2H3. The van der Waals surface area contributed by atoms with Crippen molar-refractivity contribution < 1.29 is 13.9 Å². The van der Waals surface area contributed by atoms with E-state index in [1.807, 2.05) is 42.3 Å². The lowest BCUT2D eigenvalue weighted by molar-refractivity contribution is -0.131. The summed E-state index contributed by atoms with van der Waals surface area (Å²) in [5, 5.41) is 0. The number of benzene rings is 2. The van der Waals surface area contributed by atoms with Crippen LogP contribution in [0.3, 0.4) is 0 Å². The number of carbonyl (C=O) groups excluding carboxylic acids is 1. The van der Waals surface area contributed by atoms with Gasteiger partial charge in [-0.3, -0.25) is 9.69 Å². The molecule has 0 atom stereocenters. The molecule has 0 heterocycles. The molecular weight excluding hydrogens is 307 g/mol. The molecule has 5 heteroatoms. The summed E-state index contributed by atoms with van der Waals surface area (Å²) in [5.74, 6) is 0.469. The molecule has 2 aromatic rings. The van der Waals surface area contributed by atoms with E-state index in [9.17, 15) is 9.18 Å². The zero-order valence-electron chi connectivity index (χ0n) is 14.1. The fraction of sp³-hybridized carbons (Fsp3) is 0.316. The summed E-state index contributed by atoms with van der Waals surface area (Å²) in [5.41, 5.74) is 0.517. The van der Waals surface area contributed by atoms with Crippen molar-refractivity contribution in [3.63, 3.8) is 0 Å². The summed E-state index contributed by atoms with van der Waals surface area (Å²) in [4.78, 5) is 15.6. The van der Waals surface area contributed by atoms with Gasteiger partial charge in [0.15, 0.2) is 0 Å². The van der Waals surface area contributed by atoms with E-state index in [4.69, 9.17) is 4.74 Å². The number of para-hydroxylation sites is 1. The highest BCUT2D eigenvalue weighted by Gasteiger charge is 2.13. The van der Waals surface area contributed by atoms with E-state index in [0.29, 0.717) is 18.7 Å². The van der Waals surface area contributed by atoms with E-state index in [1.54, 1.807) is 25.2 Å². The van der Waals surface area contributed by atoms with Crippen molar-refractivity contribution >= 4 is 5.91 Å². The molecule has 0 aliphatic carbocycles. The zero-order chi connectivity index (χ0) is 17.4.